The van der Waals surface area contributed by atoms with E-state index in [-0.39, 0.29) is 0 Å². The average molecular weight is 186 g/mol. The van der Waals surface area contributed by atoms with E-state index in [9.17, 15) is 0 Å². The predicted molar refractivity (Wildman–Crippen MR) is 60.2 cm³/mol. The van der Waals surface area contributed by atoms with E-state index in [2.05, 4.69) is 44.5 Å². The van der Waals surface area contributed by atoms with Crippen LogP contribution in [-0.4, -0.2) is 49.1 Å². The van der Waals surface area contributed by atoms with Gasteiger partial charge in [0.2, 0.25) is 0 Å². The molecule has 0 saturated heterocycles. The van der Waals surface area contributed by atoms with Gasteiger partial charge in [0.15, 0.2) is 0 Å². The van der Waals surface area contributed by atoms with Crippen molar-refractivity contribution in [1.29, 1.82) is 0 Å². The molecule has 2 heteroatoms. The maximum Gasteiger partial charge on any atom is 0.0112 e. The maximum absolute atomic E-state index is 2.51. The molecule has 13 heavy (non-hydrogen) atoms. The second-order valence-corrected chi connectivity index (χ2v) is 4.03. The van der Waals surface area contributed by atoms with Crippen molar-refractivity contribution in [1.82, 2.24) is 9.80 Å². The van der Waals surface area contributed by atoms with E-state index in [0.29, 0.717) is 6.04 Å². The molecule has 0 aromatic carbocycles. The van der Waals surface area contributed by atoms with Crippen molar-refractivity contribution in [3.8, 4) is 0 Å². The molecule has 0 N–H and O–H groups in total. The smallest absolute Gasteiger partial charge is 0.0112 e. The van der Waals surface area contributed by atoms with Crippen LogP contribution in [0.1, 0.15) is 34.1 Å². The Kier molecular flexibility index (Phi) is 7.29. The molecular weight excluding hydrogens is 160 g/mol. The highest BCUT2D eigenvalue weighted by molar-refractivity contribution is 4.62. The number of rotatable bonds is 7. The first-order chi connectivity index (χ1) is 6.11. The fourth-order valence-corrected chi connectivity index (χ4v) is 1.57. The Labute approximate surface area is 83.9 Å². The second kappa shape index (κ2) is 7.34. The van der Waals surface area contributed by atoms with Crippen LogP contribution in [0.2, 0.25) is 0 Å². The highest BCUT2D eigenvalue weighted by Gasteiger charge is 2.06. The van der Waals surface area contributed by atoms with E-state index in [4.69, 9.17) is 0 Å². The van der Waals surface area contributed by atoms with E-state index >= 15 is 0 Å². The first kappa shape index (κ1) is 12.9. The van der Waals surface area contributed by atoms with Gasteiger partial charge in [0, 0.05) is 19.1 Å². The molecule has 0 spiro atoms. The lowest BCUT2D eigenvalue weighted by molar-refractivity contribution is 0.197. The zero-order valence-electron chi connectivity index (χ0n) is 10.0. The van der Waals surface area contributed by atoms with Gasteiger partial charge >= 0.3 is 0 Å². The molecule has 0 aliphatic rings. The standard InChI is InChI=1S/C11H26N2/c1-6-8-12(5)9-10-13(7-2)11(3)4/h11H,6-10H2,1-5H3. The van der Waals surface area contributed by atoms with Gasteiger partial charge in [-0.3, -0.25) is 4.90 Å². The second-order valence-electron chi connectivity index (χ2n) is 4.03. The van der Waals surface area contributed by atoms with Gasteiger partial charge in [0.1, 0.15) is 0 Å². The van der Waals surface area contributed by atoms with Crippen LogP contribution in [0.3, 0.4) is 0 Å². The Morgan fingerprint density at radius 2 is 1.62 bits per heavy atom. The Balaban J connectivity index is 3.59. The summed E-state index contributed by atoms with van der Waals surface area (Å²) in [5.41, 5.74) is 0. The fourth-order valence-electron chi connectivity index (χ4n) is 1.57. The molecule has 2 nitrogen and oxygen atoms in total. The number of nitrogens with zero attached hydrogens (tertiary/aromatic N) is 2. The third-order valence-electron chi connectivity index (χ3n) is 2.51. The van der Waals surface area contributed by atoms with Crippen molar-refractivity contribution in [2.75, 3.05) is 33.2 Å². The number of likely N-dealkylation sites (N-methyl/N-ethyl adjacent to an activating group) is 2. The Morgan fingerprint density at radius 1 is 1.00 bits per heavy atom. The molecule has 0 radical (unpaired) electrons. The summed E-state index contributed by atoms with van der Waals surface area (Å²) in [6.07, 6.45) is 1.25. The molecule has 80 valence electrons. The van der Waals surface area contributed by atoms with Crippen LogP contribution < -0.4 is 0 Å². The molecule has 0 bridgehead atoms. The lowest BCUT2D eigenvalue weighted by Crippen LogP contribution is -2.37. The fraction of sp³-hybridized carbons (Fsp3) is 1.00. The van der Waals surface area contributed by atoms with Gasteiger partial charge in [-0.15, -0.1) is 0 Å². The van der Waals surface area contributed by atoms with E-state index in [0.717, 1.165) is 6.54 Å². The summed E-state index contributed by atoms with van der Waals surface area (Å²) in [7, 11) is 2.21. The van der Waals surface area contributed by atoms with Gasteiger partial charge in [0.05, 0.1) is 0 Å². The van der Waals surface area contributed by atoms with Gasteiger partial charge < -0.3 is 4.90 Å². The van der Waals surface area contributed by atoms with E-state index < -0.39 is 0 Å². The van der Waals surface area contributed by atoms with Crippen LogP contribution in [0.5, 0.6) is 0 Å². The van der Waals surface area contributed by atoms with Crippen LogP contribution in [0.25, 0.3) is 0 Å². The summed E-state index contributed by atoms with van der Waals surface area (Å²) in [6.45, 7) is 13.8. The first-order valence-corrected chi connectivity index (χ1v) is 5.54. The molecule has 0 aromatic heterocycles. The van der Waals surface area contributed by atoms with E-state index in [1.807, 2.05) is 0 Å². The Bertz CT molecular complexity index is 113. The largest absolute Gasteiger partial charge is 0.305 e. The van der Waals surface area contributed by atoms with Crippen LogP contribution >= 0.6 is 0 Å². The van der Waals surface area contributed by atoms with Gasteiger partial charge in [-0.1, -0.05) is 13.8 Å². The number of hydrogen-bond acceptors (Lipinski definition) is 2. The third-order valence-corrected chi connectivity index (χ3v) is 2.51. The van der Waals surface area contributed by atoms with Crippen LogP contribution in [-0.2, 0) is 0 Å². The van der Waals surface area contributed by atoms with Crippen LogP contribution in [0, 0.1) is 0 Å². The van der Waals surface area contributed by atoms with Gasteiger partial charge in [-0.05, 0) is 40.4 Å². The summed E-state index contributed by atoms with van der Waals surface area (Å²) in [6, 6.07) is 0.681. The quantitative estimate of drug-likeness (QED) is 0.600. The van der Waals surface area contributed by atoms with Gasteiger partial charge in [-0.2, -0.15) is 0 Å². The lowest BCUT2D eigenvalue weighted by atomic mass is 10.3. The summed E-state index contributed by atoms with van der Waals surface area (Å²) in [5.74, 6) is 0. The van der Waals surface area contributed by atoms with Crippen molar-refractivity contribution >= 4 is 0 Å². The zero-order chi connectivity index (χ0) is 10.3. The molecule has 0 saturated carbocycles. The molecule has 0 atom stereocenters. The highest BCUT2D eigenvalue weighted by atomic mass is 15.2. The molecule has 0 aromatic rings. The van der Waals surface area contributed by atoms with Gasteiger partial charge in [0.25, 0.3) is 0 Å². The van der Waals surface area contributed by atoms with Crippen molar-refractivity contribution in [2.45, 2.75) is 40.2 Å². The highest BCUT2D eigenvalue weighted by Crippen LogP contribution is 1.97. The molecular formula is C11H26N2. The van der Waals surface area contributed by atoms with Crippen LogP contribution in [0.15, 0.2) is 0 Å². The summed E-state index contributed by atoms with van der Waals surface area (Å²) in [5, 5.41) is 0. The maximum atomic E-state index is 2.51. The minimum absolute atomic E-state index is 0.681. The molecule has 0 fully saturated rings. The molecule has 0 aliphatic carbocycles. The third kappa shape index (κ3) is 6.05. The topological polar surface area (TPSA) is 6.48 Å². The van der Waals surface area contributed by atoms with E-state index in [1.54, 1.807) is 0 Å². The molecule has 0 amide bonds. The minimum atomic E-state index is 0.681. The van der Waals surface area contributed by atoms with Crippen molar-refractivity contribution in [2.24, 2.45) is 0 Å². The molecule has 0 heterocycles. The summed E-state index contributed by atoms with van der Waals surface area (Å²) >= 11 is 0. The van der Waals surface area contributed by atoms with Crippen molar-refractivity contribution in [3.63, 3.8) is 0 Å². The lowest BCUT2D eigenvalue weighted by Gasteiger charge is -2.27. The van der Waals surface area contributed by atoms with E-state index in [1.165, 1.54) is 26.1 Å². The molecule has 0 rings (SSSR count). The van der Waals surface area contributed by atoms with Crippen molar-refractivity contribution in [3.05, 3.63) is 0 Å². The number of hydrogen-bond donors (Lipinski definition) is 0. The van der Waals surface area contributed by atoms with Crippen LogP contribution in [0.4, 0.5) is 0 Å². The Hall–Kier alpha value is -0.0800. The zero-order valence-corrected chi connectivity index (χ0v) is 10.0. The Morgan fingerprint density at radius 3 is 2.00 bits per heavy atom. The molecule has 0 unspecified atom stereocenters. The first-order valence-electron chi connectivity index (χ1n) is 5.54. The molecule has 0 aliphatic heterocycles. The predicted octanol–water partition coefficient (Wildman–Crippen LogP) is 2.06. The monoisotopic (exact) mass is 186 g/mol. The summed E-state index contributed by atoms with van der Waals surface area (Å²) < 4.78 is 0. The SMILES string of the molecule is CCCN(C)CCN(CC)C(C)C. The van der Waals surface area contributed by atoms with Crippen molar-refractivity contribution < 1.29 is 0 Å². The minimum Gasteiger partial charge on any atom is -0.305 e. The summed E-state index contributed by atoms with van der Waals surface area (Å²) in [4.78, 5) is 4.91. The average Bonchev–Trinajstić information content (AvgIpc) is 2.05. The van der Waals surface area contributed by atoms with Gasteiger partial charge in [-0.25, -0.2) is 0 Å². The normalized spacial score (nSPS) is 12.0.